The van der Waals surface area contributed by atoms with Crippen LogP contribution in [0.2, 0.25) is 0 Å². The molecular weight excluding hydrogens is 296 g/mol. The quantitative estimate of drug-likeness (QED) is 0.844. The van der Waals surface area contributed by atoms with Gasteiger partial charge in [-0.15, -0.1) is 0 Å². The van der Waals surface area contributed by atoms with Gasteiger partial charge in [-0.1, -0.05) is 18.2 Å². The van der Waals surface area contributed by atoms with Crippen LogP contribution in [-0.4, -0.2) is 42.6 Å². The normalized spacial score (nSPS) is 19.5. The molecule has 2 N–H and O–H groups in total. The van der Waals surface area contributed by atoms with Gasteiger partial charge in [-0.05, 0) is 31.9 Å². The molecule has 1 amide bonds. The fourth-order valence-electron chi connectivity index (χ4n) is 2.59. The molecule has 0 spiro atoms. The van der Waals surface area contributed by atoms with Crippen molar-refractivity contribution < 1.29 is 9.53 Å². The fraction of sp³-hybridized carbons (Fsp3) is 0.588. The van der Waals surface area contributed by atoms with Crippen molar-refractivity contribution in [1.29, 1.82) is 0 Å². The number of thioether (sulfide) groups is 1. The molecule has 2 rings (SSSR count). The number of amides is 1. The Balaban J connectivity index is 1.75. The molecular formula is C17H26N2O2S. The summed E-state index contributed by atoms with van der Waals surface area (Å²) in [4.78, 5) is 12.1. The number of carbonyl (C=O) groups is 1. The van der Waals surface area contributed by atoms with Gasteiger partial charge in [0.1, 0.15) is 12.4 Å². The third kappa shape index (κ3) is 5.21. The summed E-state index contributed by atoms with van der Waals surface area (Å²) >= 11 is 1.91. The molecule has 1 aliphatic heterocycles. The van der Waals surface area contributed by atoms with Crippen molar-refractivity contribution in [3.05, 3.63) is 29.3 Å². The Bertz CT molecular complexity index is 481. The number of rotatable bonds is 6. The van der Waals surface area contributed by atoms with E-state index in [1.165, 1.54) is 0 Å². The molecule has 1 aromatic carbocycles. The average molecular weight is 322 g/mol. The maximum Gasteiger partial charge on any atom is 0.221 e. The van der Waals surface area contributed by atoms with Gasteiger partial charge in [0.15, 0.2) is 0 Å². The smallest absolute Gasteiger partial charge is 0.221 e. The minimum absolute atomic E-state index is 0.00255. The van der Waals surface area contributed by atoms with Gasteiger partial charge in [0, 0.05) is 30.5 Å². The second-order valence-electron chi connectivity index (χ2n) is 5.93. The molecule has 0 aromatic heterocycles. The lowest BCUT2D eigenvalue weighted by Gasteiger charge is -2.23. The third-order valence-corrected chi connectivity index (χ3v) is 4.85. The average Bonchev–Trinajstić information content (AvgIpc) is 2.47. The third-order valence-electron chi connectivity index (χ3n) is 3.72. The zero-order chi connectivity index (χ0) is 15.9. The summed E-state index contributed by atoms with van der Waals surface area (Å²) in [6, 6.07) is 6.40. The fourth-order valence-corrected chi connectivity index (χ4v) is 3.53. The van der Waals surface area contributed by atoms with Crippen LogP contribution in [0.1, 0.15) is 24.5 Å². The summed E-state index contributed by atoms with van der Waals surface area (Å²) < 4.78 is 5.89. The number of ether oxygens (including phenoxy) is 1. The maximum absolute atomic E-state index is 12.1. The molecule has 1 heterocycles. The van der Waals surface area contributed by atoms with E-state index in [0.717, 1.165) is 34.9 Å². The first kappa shape index (κ1) is 17.2. The second kappa shape index (κ2) is 8.44. The Morgan fingerprint density at radius 2 is 2.18 bits per heavy atom. The van der Waals surface area contributed by atoms with Crippen LogP contribution >= 0.6 is 11.8 Å². The summed E-state index contributed by atoms with van der Waals surface area (Å²) in [7, 11) is 0. The Hall–Kier alpha value is -1.20. The first-order valence-corrected chi connectivity index (χ1v) is 9.01. The van der Waals surface area contributed by atoms with Crippen LogP contribution < -0.4 is 15.4 Å². The van der Waals surface area contributed by atoms with E-state index in [4.69, 9.17) is 4.74 Å². The standard InChI is InChI=1S/C17H26N2O2S/c1-12-5-4-6-13(2)17(12)21-10-14(3)19-16(20)9-15-11-22-8-7-18-15/h4-6,14-15,18H,7-11H2,1-3H3,(H,19,20). The Morgan fingerprint density at radius 1 is 1.45 bits per heavy atom. The molecule has 122 valence electrons. The van der Waals surface area contributed by atoms with Crippen molar-refractivity contribution in [2.24, 2.45) is 0 Å². The molecule has 4 nitrogen and oxygen atoms in total. The first-order chi connectivity index (χ1) is 10.6. The predicted molar refractivity (Wildman–Crippen MR) is 92.7 cm³/mol. The van der Waals surface area contributed by atoms with Crippen LogP contribution in [0.5, 0.6) is 5.75 Å². The van der Waals surface area contributed by atoms with E-state index in [0.29, 0.717) is 19.1 Å². The number of benzene rings is 1. The number of para-hydroxylation sites is 1. The van der Waals surface area contributed by atoms with Crippen molar-refractivity contribution in [1.82, 2.24) is 10.6 Å². The summed E-state index contributed by atoms with van der Waals surface area (Å²) in [6.45, 7) is 7.54. The molecule has 0 radical (unpaired) electrons. The van der Waals surface area contributed by atoms with Crippen molar-refractivity contribution in [2.45, 2.75) is 39.3 Å². The molecule has 0 aliphatic carbocycles. The van der Waals surface area contributed by atoms with Gasteiger partial charge < -0.3 is 15.4 Å². The lowest BCUT2D eigenvalue weighted by molar-refractivity contribution is -0.122. The zero-order valence-corrected chi connectivity index (χ0v) is 14.5. The molecule has 0 bridgehead atoms. The first-order valence-electron chi connectivity index (χ1n) is 7.85. The zero-order valence-electron chi connectivity index (χ0n) is 13.6. The van der Waals surface area contributed by atoms with Crippen molar-refractivity contribution in [3.63, 3.8) is 0 Å². The number of aryl methyl sites for hydroxylation is 2. The number of hydrogen-bond donors (Lipinski definition) is 2. The van der Waals surface area contributed by atoms with E-state index in [1.54, 1.807) is 0 Å². The Kier molecular flexibility index (Phi) is 6.58. The summed E-state index contributed by atoms with van der Waals surface area (Å²) in [5.74, 6) is 3.17. The van der Waals surface area contributed by atoms with Crippen LogP contribution in [-0.2, 0) is 4.79 Å². The van der Waals surface area contributed by atoms with Crippen molar-refractivity contribution in [3.8, 4) is 5.75 Å². The van der Waals surface area contributed by atoms with Gasteiger partial charge in [0.25, 0.3) is 0 Å². The Labute approximate surface area is 137 Å². The molecule has 1 aromatic rings. The number of nitrogens with one attached hydrogen (secondary N) is 2. The van der Waals surface area contributed by atoms with Gasteiger partial charge in [-0.2, -0.15) is 11.8 Å². The predicted octanol–water partition coefficient (Wildman–Crippen LogP) is 2.28. The summed E-state index contributed by atoms with van der Waals surface area (Å²) in [5, 5.41) is 6.41. The van der Waals surface area contributed by atoms with Crippen molar-refractivity contribution in [2.75, 3.05) is 24.7 Å². The van der Waals surface area contributed by atoms with Gasteiger partial charge in [0.05, 0.1) is 6.04 Å². The Morgan fingerprint density at radius 3 is 2.82 bits per heavy atom. The van der Waals surface area contributed by atoms with E-state index in [-0.39, 0.29) is 11.9 Å². The largest absolute Gasteiger partial charge is 0.491 e. The van der Waals surface area contributed by atoms with Gasteiger partial charge in [-0.3, -0.25) is 4.79 Å². The highest BCUT2D eigenvalue weighted by atomic mass is 32.2. The van der Waals surface area contributed by atoms with Crippen LogP contribution in [0.3, 0.4) is 0 Å². The molecule has 1 aliphatic rings. The SMILES string of the molecule is Cc1cccc(C)c1OCC(C)NC(=O)CC1CSCCN1. The molecule has 0 saturated carbocycles. The number of carbonyl (C=O) groups excluding carboxylic acids is 1. The molecule has 2 unspecified atom stereocenters. The minimum atomic E-state index is 0.00255. The highest BCUT2D eigenvalue weighted by Crippen LogP contribution is 2.22. The topological polar surface area (TPSA) is 50.4 Å². The molecule has 1 saturated heterocycles. The van der Waals surface area contributed by atoms with E-state index >= 15 is 0 Å². The van der Waals surface area contributed by atoms with Gasteiger partial charge >= 0.3 is 0 Å². The van der Waals surface area contributed by atoms with Crippen LogP contribution in [0.4, 0.5) is 0 Å². The maximum atomic E-state index is 12.1. The lowest BCUT2D eigenvalue weighted by atomic mass is 10.1. The van der Waals surface area contributed by atoms with Crippen LogP contribution in [0, 0.1) is 13.8 Å². The molecule has 5 heteroatoms. The van der Waals surface area contributed by atoms with Crippen LogP contribution in [0.25, 0.3) is 0 Å². The van der Waals surface area contributed by atoms with E-state index in [1.807, 2.05) is 50.7 Å². The highest BCUT2D eigenvalue weighted by Gasteiger charge is 2.18. The summed E-state index contributed by atoms with van der Waals surface area (Å²) in [5.41, 5.74) is 2.25. The van der Waals surface area contributed by atoms with E-state index in [9.17, 15) is 4.79 Å². The molecule has 22 heavy (non-hydrogen) atoms. The number of hydrogen-bond acceptors (Lipinski definition) is 4. The molecule has 1 fully saturated rings. The van der Waals surface area contributed by atoms with Gasteiger partial charge in [-0.25, -0.2) is 0 Å². The highest BCUT2D eigenvalue weighted by molar-refractivity contribution is 7.99. The van der Waals surface area contributed by atoms with E-state index < -0.39 is 0 Å². The van der Waals surface area contributed by atoms with Crippen molar-refractivity contribution >= 4 is 17.7 Å². The van der Waals surface area contributed by atoms with Crippen LogP contribution in [0.15, 0.2) is 18.2 Å². The minimum Gasteiger partial charge on any atom is -0.491 e. The van der Waals surface area contributed by atoms with Gasteiger partial charge in [0.2, 0.25) is 5.91 Å². The lowest BCUT2D eigenvalue weighted by Crippen LogP contribution is -2.44. The summed E-state index contributed by atoms with van der Waals surface area (Å²) in [6.07, 6.45) is 0.542. The van der Waals surface area contributed by atoms with E-state index in [2.05, 4.69) is 10.6 Å². The monoisotopic (exact) mass is 322 g/mol. The second-order valence-corrected chi connectivity index (χ2v) is 7.08. The molecule has 2 atom stereocenters.